The van der Waals surface area contributed by atoms with Crippen LogP contribution < -0.4 is 10.9 Å². The number of anilines is 1. The minimum absolute atomic E-state index is 0.113. The van der Waals surface area contributed by atoms with Crippen molar-refractivity contribution in [2.45, 2.75) is 18.7 Å². The first-order valence-electron chi connectivity index (χ1n) is 9.82. The third-order valence-corrected chi connectivity index (χ3v) is 6.17. The van der Waals surface area contributed by atoms with Gasteiger partial charge in [0.25, 0.3) is 5.56 Å². The van der Waals surface area contributed by atoms with E-state index in [0.29, 0.717) is 15.4 Å². The van der Waals surface area contributed by atoms with E-state index in [1.807, 2.05) is 62.4 Å². The van der Waals surface area contributed by atoms with Gasteiger partial charge in [-0.2, -0.15) is 0 Å². The monoisotopic (exact) mass is 448 g/mol. The lowest BCUT2D eigenvalue weighted by Crippen LogP contribution is -2.17. The molecule has 0 bridgehead atoms. The van der Waals surface area contributed by atoms with Crippen LogP contribution in [0, 0.1) is 13.8 Å². The van der Waals surface area contributed by atoms with Crippen molar-refractivity contribution in [1.29, 1.82) is 0 Å². The first-order valence-corrected chi connectivity index (χ1v) is 11.2. The fraction of sp³-hybridized carbons (Fsp3) is 0.120. The summed E-state index contributed by atoms with van der Waals surface area (Å²) in [6.07, 6.45) is 0. The number of hydrogen-bond acceptors (Lipinski definition) is 3. The van der Waals surface area contributed by atoms with Crippen molar-refractivity contribution in [3.05, 3.63) is 93.2 Å². The van der Waals surface area contributed by atoms with Gasteiger partial charge in [0.1, 0.15) is 0 Å². The Morgan fingerprint density at radius 2 is 1.71 bits per heavy atom. The molecule has 0 saturated carbocycles. The zero-order chi connectivity index (χ0) is 22.0. The number of aryl methyl sites for hydroxylation is 2. The molecule has 1 amide bonds. The average molecular weight is 449 g/mol. The summed E-state index contributed by atoms with van der Waals surface area (Å²) < 4.78 is 0. The number of rotatable bonds is 5. The van der Waals surface area contributed by atoms with E-state index in [1.165, 1.54) is 11.8 Å². The van der Waals surface area contributed by atoms with Crippen LogP contribution in [0.3, 0.4) is 0 Å². The van der Waals surface area contributed by atoms with Crippen molar-refractivity contribution in [1.82, 2.24) is 4.98 Å². The topological polar surface area (TPSA) is 62.0 Å². The molecule has 1 heterocycles. The van der Waals surface area contributed by atoms with E-state index < -0.39 is 0 Å². The standard InChI is InChI=1S/C25H21ClN2O2S/c1-15-10-16(2)12-19(11-15)27-22(29)14-31-24-23(17-6-4-3-5-7-17)20-13-18(26)8-9-21(20)28-25(24)30/h3-13H,14H2,1-2H3,(H,27,29)(H,28,30). The normalized spacial score (nSPS) is 10.9. The van der Waals surface area contributed by atoms with Gasteiger partial charge in [-0.05, 0) is 60.9 Å². The fourth-order valence-electron chi connectivity index (χ4n) is 3.66. The summed E-state index contributed by atoms with van der Waals surface area (Å²) >= 11 is 7.48. The summed E-state index contributed by atoms with van der Waals surface area (Å²) in [6.45, 7) is 3.98. The van der Waals surface area contributed by atoms with E-state index in [4.69, 9.17) is 11.6 Å². The number of nitrogens with one attached hydrogen (secondary N) is 2. The first-order chi connectivity index (χ1) is 14.9. The Bertz CT molecular complexity index is 1310. The number of benzene rings is 3. The number of carbonyl (C=O) groups excluding carboxylic acids is 1. The highest BCUT2D eigenvalue weighted by Gasteiger charge is 2.17. The molecule has 0 radical (unpaired) electrons. The highest BCUT2D eigenvalue weighted by atomic mass is 35.5. The Morgan fingerprint density at radius 3 is 2.42 bits per heavy atom. The van der Waals surface area contributed by atoms with E-state index in [2.05, 4.69) is 16.4 Å². The lowest BCUT2D eigenvalue weighted by atomic mass is 10.0. The summed E-state index contributed by atoms with van der Waals surface area (Å²) in [5, 5.41) is 4.35. The maximum Gasteiger partial charge on any atom is 0.262 e. The molecule has 4 aromatic rings. The van der Waals surface area contributed by atoms with Gasteiger partial charge in [-0.1, -0.05) is 48.0 Å². The number of H-pyrrole nitrogens is 1. The molecule has 0 spiro atoms. The van der Waals surface area contributed by atoms with Gasteiger partial charge in [0.05, 0.1) is 10.6 Å². The molecule has 0 saturated heterocycles. The van der Waals surface area contributed by atoms with Crippen molar-refractivity contribution in [3.63, 3.8) is 0 Å². The Labute approximate surface area is 189 Å². The summed E-state index contributed by atoms with van der Waals surface area (Å²) in [7, 11) is 0. The van der Waals surface area contributed by atoms with Crippen LogP contribution in [-0.4, -0.2) is 16.6 Å². The Kier molecular flexibility index (Phi) is 6.16. The number of aromatic amines is 1. The van der Waals surface area contributed by atoms with E-state index >= 15 is 0 Å². The molecule has 0 aliphatic heterocycles. The maximum atomic E-state index is 12.9. The lowest BCUT2D eigenvalue weighted by molar-refractivity contribution is -0.113. The van der Waals surface area contributed by atoms with Crippen LogP contribution in [-0.2, 0) is 4.79 Å². The number of pyridine rings is 1. The van der Waals surface area contributed by atoms with Crippen LogP contribution in [0.1, 0.15) is 11.1 Å². The van der Waals surface area contributed by atoms with E-state index in [9.17, 15) is 9.59 Å². The third kappa shape index (κ3) is 4.84. The fourth-order valence-corrected chi connectivity index (χ4v) is 4.73. The molecular weight excluding hydrogens is 428 g/mol. The molecule has 2 N–H and O–H groups in total. The molecular formula is C25H21ClN2O2S. The molecule has 0 aliphatic carbocycles. The quantitative estimate of drug-likeness (QED) is 0.357. The molecule has 31 heavy (non-hydrogen) atoms. The number of thioether (sulfide) groups is 1. The molecule has 1 aromatic heterocycles. The molecule has 0 unspecified atom stereocenters. The van der Waals surface area contributed by atoms with Crippen LogP contribution in [0.4, 0.5) is 5.69 Å². The van der Waals surface area contributed by atoms with Gasteiger partial charge in [0, 0.05) is 27.2 Å². The molecule has 4 rings (SSSR count). The van der Waals surface area contributed by atoms with E-state index in [-0.39, 0.29) is 17.2 Å². The molecule has 0 aliphatic rings. The number of carbonyl (C=O) groups is 1. The highest BCUT2D eigenvalue weighted by Crippen LogP contribution is 2.35. The molecule has 0 atom stereocenters. The number of fused-ring (bicyclic) bond motifs is 1. The van der Waals surface area contributed by atoms with Crippen LogP contribution >= 0.6 is 23.4 Å². The van der Waals surface area contributed by atoms with Gasteiger partial charge in [0.15, 0.2) is 0 Å². The second-order valence-electron chi connectivity index (χ2n) is 7.43. The minimum Gasteiger partial charge on any atom is -0.325 e. The van der Waals surface area contributed by atoms with E-state index in [1.54, 1.807) is 12.1 Å². The first kappa shape index (κ1) is 21.2. The number of aromatic nitrogens is 1. The van der Waals surface area contributed by atoms with Crippen molar-refractivity contribution in [2.75, 3.05) is 11.1 Å². The number of halogens is 1. The van der Waals surface area contributed by atoms with Crippen molar-refractivity contribution < 1.29 is 4.79 Å². The van der Waals surface area contributed by atoms with Crippen LogP contribution in [0.25, 0.3) is 22.0 Å². The minimum atomic E-state index is -0.224. The molecule has 6 heteroatoms. The van der Waals surface area contributed by atoms with E-state index in [0.717, 1.165) is 33.3 Å². The van der Waals surface area contributed by atoms with Gasteiger partial charge in [0.2, 0.25) is 5.91 Å². The zero-order valence-corrected chi connectivity index (χ0v) is 18.7. The van der Waals surface area contributed by atoms with Crippen LogP contribution in [0.15, 0.2) is 76.4 Å². The highest BCUT2D eigenvalue weighted by molar-refractivity contribution is 8.00. The second kappa shape index (κ2) is 9.00. The van der Waals surface area contributed by atoms with Gasteiger partial charge in [-0.3, -0.25) is 9.59 Å². The molecule has 156 valence electrons. The average Bonchev–Trinajstić information content (AvgIpc) is 2.72. The summed E-state index contributed by atoms with van der Waals surface area (Å²) in [5.41, 5.74) is 5.08. The summed E-state index contributed by atoms with van der Waals surface area (Å²) in [6, 6.07) is 21.0. The van der Waals surface area contributed by atoms with Gasteiger partial charge >= 0.3 is 0 Å². The summed E-state index contributed by atoms with van der Waals surface area (Å²) in [5.74, 6) is -0.0540. The van der Waals surface area contributed by atoms with Gasteiger partial charge in [-0.25, -0.2) is 0 Å². The Morgan fingerprint density at radius 1 is 1.00 bits per heavy atom. The van der Waals surface area contributed by atoms with Gasteiger partial charge < -0.3 is 10.3 Å². The maximum absolute atomic E-state index is 12.9. The SMILES string of the molecule is Cc1cc(C)cc(NC(=O)CSc2c(-c3ccccc3)c3cc(Cl)ccc3[nH]c2=O)c1. The van der Waals surface area contributed by atoms with Crippen LogP contribution in [0.2, 0.25) is 5.02 Å². The second-order valence-corrected chi connectivity index (χ2v) is 8.85. The molecule has 3 aromatic carbocycles. The summed E-state index contributed by atoms with van der Waals surface area (Å²) in [4.78, 5) is 29.0. The molecule has 0 fully saturated rings. The van der Waals surface area contributed by atoms with Gasteiger partial charge in [-0.15, -0.1) is 11.8 Å². The zero-order valence-electron chi connectivity index (χ0n) is 17.2. The van der Waals surface area contributed by atoms with Crippen molar-refractivity contribution >= 4 is 45.9 Å². The number of amides is 1. The molecule has 4 nitrogen and oxygen atoms in total. The Hall–Kier alpha value is -3.02. The number of hydrogen-bond donors (Lipinski definition) is 2. The Balaban J connectivity index is 1.69. The van der Waals surface area contributed by atoms with Crippen molar-refractivity contribution in [3.8, 4) is 11.1 Å². The third-order valence-electron chi connectivity index (χ3n) is 4.85. The van der Waals surface area contributed by atoms with Crippen LogP contribution in [0.5, 0.6) is 0 Å². The lowest BCUT2D eigenvalue weighted by Gasteiger charge is -2.13. The van der Waals surface area contributed by atoms with Crippen molar-refractivity contribution in [2.24, 2.45) is 0 Å². The largest absolute Gasteiger partial charge is 0.325 e. The smallest absolute Gasteiger partial charge is 0.262 e. The predicted octanol–water partition coefficient (Wildman–Crippen LogP) is 6.20. The predicted molar refractivity (Wildman–Crippen MR) is 130 cm³/mol.